The van der Waals surface area contributed by atoms with E-state index in [0.29, 0.717) is 0 Å². The van der Waals surface area contributed by atoms with Crippen LogP contribution in [0.4, 0.5) is 0 Å². The number of nitrogens with zero attached hydrogens (tertiary/aromatic N) is 1. The third-order valence-corrected chi connectivity index (χ3v) is 4.71. The number of aromatic nitrogens is 1. The summed E-state index contributed by atoms with van der Waals surface area (Å²) in [5, 5.41) is 0. The monoisotopic (exact) mass is 402 g/mol. The third-order valence-electron chi connectivity index (χ3n) is 3.36. The molecule has 3 aromatic rings. The molecule has 0 spiro atoms. The molecule has 21 heavy (non-hydrogen) atoms. The smallest absolute Gasteiger partial charge is 0.177 e. The Hall–Kier alpha value is -1.45. The summed E-state index contributed by atoms with van der Waals surface area (Å²) >= 11 is 7.33. The highest BCUT2D eigenvalue weighted by Gasteiger charge is 2.15. The number of hydrogen-bond acceptors (Lipinski definition) is 0. The van der Waals surface area contributed by atoms with E-state index in [4.69, 9.17) is 0 Å². The van der Waals surface area contributed by atoms with Crippen LogP contribution in [0.15, 0.2) is 75.9 Å². The summed E-state index contributed by atoms with van der Waals surface area (Å²) in [7, 11) is 2.06. The summed E-state index contributed by atoms with van der Waals surface area (Å²) in [6.45, 7) is 0. The van der Waals surface area contributed by atoms with Gasteiger partial charge in [0, 0.05) is 8.95 Å². The fraction of sp³-hybridized carbons (Fsp3) is 0.0556. The van der Waals surface area contributed by atoms with Crippen LogP contribution in [0.2, 0.25) is 0 Å². The lowest BCUT2D eigenvalue weighted by Gasteiger charge is -2.09. The summed E-state index contributed by atoms with van der Waals surface area (Å²) in [4.78, 5) is 0. The molecule has 2 aromatic carbocycles. The van der Waals surface area contributed by atoms with E-state index in [9.17, 15) is 0 Å². The number of hydrogen-bond donors (Lipinski definition) is 0. The predicted octanol–water partition coefficient (Wildman–Crippen LogP) is 5.37. The van der Waals surface area contributed by atoms with E-state index in [-0.39, 0.29) is 0 Å². The van der Waals surface area contributed by atoms with Crippen LogP contribution in [0, 0.1) is 0 Å². The zero-order valence-corrected chi connectivity index (χ0v) is 14.7. The Balaban J connectivity index is 2.22. The first-order chi connectivity index (χ1) is 10.1. The molecule has 1 heterocycles. The molecule has 3 rings (SSSR count). The molecule has 0 aliphatic carbocycles. The molecule has 0 bridgehead atoms. The Morgan fingerprint density at radius 2 is 1.38 bits per heavy atom. The number of halogens is 2. The van der Waals surface area contributed by atoms with Gasteiger partial charge in [0.25, 0.3) is 0 Å². The second-order valence-corrected chi connectivity index (χ2v) is 6.65. The SMILES string of the molecule is C[n+]1cc(-c2ccccc2)c(Br)c(-c2cccc(Br)c2)c1. The van der Waals surface area contributed by atoms with Gasteiger partial charge in [0.1, 0.15) is 7.05 Å². The van der Waals surface area contributed by atoms with Crippen molar-refractivity contribution in [2.45, 2.75) is 0 Å². The van der Waals surface area contributed by atoms with Crippen molar-refractivity contribution >= 4 is 31.9 Å². The molecule has 0 unspecified atom stereocenters. The zero-order valence-electron chi connectivity index (χ0n) is 11.6. The molecular formula is C18H14Br2N+. The Bertz CT molecular complexity index is 782. The summed E-state index contributed by atoms with van der Waals surface area (Å²) < 4.78 is 4.30. The molecule has 3 heteroatoms. The van der Waals surface area contributed by atoms with Gasteiger partial charge in [-0.3, -0.25) is 0 Å². The molecule has 0 atom stereocenters. The van der Waals surface area contributed by atoms with Crippen molar-refractivity contribution in [2.24, 2.45) is 7.05 Å². The van der Waals surface area contributed by atoms with E-state index in [1.54, 1.807) is 0 Å². The maximum Gasteiger partial charge on any atom is 0.177 e. The van der Waals surface area contributed by atoms with E-state index in [1.165, 1.54) is 22.3 Å². The van der Waals surface area contributed by atoms with Crippen LogP contribution in [-0.2, 0) is 7.05 Å². The molecule has 0 amide bonds. The van der Waals surface area contributed by atoms with Gasteiger partial charge in [-0.25, -0.2) is 4.57 Å². The fourth-order valence-corrected chi connectivity index (χ4v) is 3.44. The van der Waals surface area contributed by atoms with Crippen molar-refractivity contribution in [1.82, 2.24) is 0 Å². The third kappa shape index (κ3) is 3.09. The van der Waals surface area contributed by atoms with Gasteiger partial charge in [-0.1, -0.05) is 58.4 Å². The van der Waals surface area contributed by atoms with Crippen molar-refractivity contribution < 1.29 is 4.57 Å². The summed E-state index contributed by atoms with van der Waals surface area (Å²) in [5.74, 6) is 0. The molecule has 0 radical (unpaired) electrons. The van der Waals surface area contributed by atoms with Gasteiger partial charge in [0.2, 0.25) is 0 Å². The van der Waals surface area contributed by atoms with Crippen molar-refractivity contribution in [1.29, 1.82) is 0 Å². The summed E-state index contributed by atoms with van der Waals surface area (Å²) in [6.07, 6.45) is 4.28. The Morgan fingerprint density at radius 3 is 2.05 bits per heavy atom. The second-order valence-electron chi connectivity index (χ2n) is 4.94. The molecule has 0 N–H and O–H groups in total. The number of rotatable bonds is 2. The molecule has 0 saturated heterocycles. The van der Waals surface area contributed by atoms with Gasteiger partial charge < -0.3 is 0 Å². The van der Waals surface area contributed by atoms with E-state index in [2.05, 4.69) is 98.3 Å². The Morgan fingerprint density at radius 1 is 0.762 bits per heavy atom. The molecule has 0 aliphatic heterocycles. The standard InChI is InChI=1S/C18H14Br2N/c1-21-11-16(13-6-3-2-4-7-13)18(20)17(12-21)14-8-5-9-15(19)10-14/h2-12H,1H3/q+1. The van der Waals surface area contributed by atoms with Crippen molar-refractivity contribution in [3.8, 4) is 22.3 Å². The van der Waals surface area contributed by atoms with E-state index in [0.717, 1.165) is 8.95 Å². The van der Waals surface area contributed by atoms with Crippen LogP contribution in [0.3, 0.4) is 0 Å². The van der Waals surface area contributed by atoms with Crippen molar-refractivity contribution in [2.75, 3.05) is 0 Å². The van der Waals surface area contributed by atoms with Crippen LogP contribution in [0.5, 0.6) is 0 Å². The maximum absolute atomic E-state index is 3.78. The maximum atomic E-state index is 3.78. The second kappa shape index (κ2) is 6.12. The van der Waals surface area contributed by atoms with Crippen molar-refractivity contribution in [3.05, 3.63) is 75.9 Å². The normalized spacial score (nSPS) is 10.6. The quantitative estimate of drug-likeness (QED) is 0.506. The van der Waals surface area contributed by atoms with E-state index in [1.807, 2.05) is 12.1 Å². The van der Waals surface area contributed by atoms with Gasteiger partial charge in [0.05, 0.1) is 11.1 Å². The van der Waals surface area contributed by atoms with Crippen LogP contribution >= 0.6 is 31.9 Å². The summed E-state index contributed by atoms with van der Waals surface area (Å²) in [5.41, 5.74) is 4.76. The van der Waals surface area contributed by atoms with Crippen LogP contribution in [0.1, 0.15) is 0 Å². The largest absolute Gasteiger partial charge is 0.207 e. The summed E-state index contributed by atoms with van der Waals surface area (Å²) in [6, 6.07) is 18.8. The lowest BCUT2D eigenvalue weighted by Crippen LogP contribution is -2.27. The molecule has 0 aliphatic rings. The minimum absolute atomic E-state index is 1.08. The lowest BCUT2D eigenvalue weighted by atomic mass is 10.0. The van der Waals surface area contributed by atoms with E-state index >= 15 is 0 Å². The van der Waals surface area contributed by atoms with Crippen LogP contribution in [0.25, 0.3) is 22.3 Å². The predicted molar refractivity (Wildman–Crippen MR) is 93.9 cm³/mol. The zero-order chi connectivity index (χ0) is 14.8. The first-order valence-electron chi connectivity index (χ1n) is 6.65. The van der Waals surface area contributed by atoms with Gasteiger partial charge >= 0.3 is 0 Å². The molecular weight excluding hydrogens is 390 g/mol. The van der Waals surface area contributed by atoms with Crippen LogP contribution in [-0.4, -0.2) is 0 Å². The van der Waals surface area contributed by atoms with Gasteiger partial charge in [-0.15, -0.1) is 0 Å². The molecule has 1 nitrogen and oxygen atoms in total. The highest BCUT2D eigenvalue weighted by atomic mass is 79.9. The highest BCUT2D eigenvalue weighted by molar-refractivity contribution is 9.11. The number of benzene rings is 2. The molecule has 0 saturated carbocycles. The van der Waals surface area contributed by atoms with Crippen LogP contribution < -0.4 is 4.57 Å². The topological polar surface area (TPSA) is 3.88 Å². The molecule has 104 valence electrons. The molecule has 0 fully saturated rings. The molecule has 1 aromatic heterocycles. The fourth-order valence-electron chi connectivity index (χ4n) is 2.38. The van der Waals surface area contributed by atoms with Gasteiger partial charge in [-0.05, 0) is 39.2 Å². The Labute approximate surface area is 141 Å². The number of aryl methyl sites for hydroxylation is 1. The average molecular weight is 404 g/mol. The minimum Gasteiger partial charge on any atom is -0.207 e. The van der Waals surface area contributed by atoms with E-state index < -0.39 is 0 Å². The first-order valence-corrected chi connectivity index (χ1v) is 8.24. The lowest BCUT2D eigenvalue weighted by molar-refractivity contribution is -0.670. The first kappa shape index (κ1) is 14.5. The average Bonchev–Trinajstić information content (AvgIpc) is 2.50. The van der Waals surface area contributed by atoms with Gasteiger partial charge in [-0.2, -0.15) is 0 Å². The minimum atomic E-state index is 1.08. The Kier molecular flexibility index (Phi) is 4.22. The number of pyridine rings is 1. The van der Waals surface area contributed by atoms with Crippen molar-refractivity contribution in [3.63, 3.8) is 0 Å². The highest BCUT2D eigenvalue weighted by Crippen LogP contribution is 2.35. The van der Waals surface area contributed by atoms with Gasteiger partial charge in [0.15, 0.2) is 12.4 Å².